The second-order valence-electron chi connectivity index (χ2n) is 8.62. The molecular weight excluding hydrogens is 496 g/mol. The van der Waals surface area contributed by atoms with Gasteiger partial charge in [0.2, 0.25) is 11.8 Å². The van der Waals surface area contributed by atoms with Gasteiger partial charge in [-0.25, -0.2) is 9.97 Å². The molecule has 0 N–H and O–H groups in total. The highest BCUT2D eigenvalue weighted by atomic mass is 19.4. The van der Waals surface area contributed by atoms with Crippen LogP contribution in [0.15, 0.2) is 36.9 Å². The summed E-state index contributed by atoms with van der Waals surface area (Å²) in [6.45, 7) is -1.21. The van der Waals surface area contributed by atoms with E-state index < -0.39 is 18.7 Å². The highest BCUT2D eigenvalue weighted by Gasteiger charge is 2.42. The maximum Gasteiger partial charge on any atom is 0.408 e. The van der Waals surface area contributed by atoms with Gasteiger partial charge in [0.15, 0.2) is 5.65 Å². The van der Waals surface area contributed by atoms with Crippen LogP contribution < -0.4 is 9.47 Å². The first-order chi connectivity index (χ1) is 17.8. The molecule has 37 heavy (non-hydrogen) atoms. The van der Waals surface area contributed by atoms with Crippen LogP contribution in [0.4, 0.5) is 17.6 Å². The van der Waals surface area contributed by atoms with E-state index in [2.05, 4.69) is 30.1 Å². The van der Waals surface area contributed by atoms with Gasteiger partial charge in [0.05, 0.1) is 43.4 Å². The Labute approximate surface area is 205 Å². The van der Waals surface area contributed by atoms with Crippen molar-refractivity contribution in [3.8, 4) is 23.1 Å². The Morgan fingerprint density at radius 1 is 1.00 bits per heavy atom. The molecule has 6 rings (SSSR count). The van der Waals surface area contributed by atoms with E-state index in [0.29, 0.717) is 34.4 Å². The first-order valence-electron chi connectivity index (χ1n) is 11.1. The van der Waals surface area contributed by atoms with Gasteiger partial charge in [0.25, 0.3) is 0 Å². The fourth-order valence-electron chi connectivity index (χ4n) is 4.53. The van der Waals surface area contributed by atoms with Crippen LogP contribution in [0.25, 0.3) is 27.9 Å². The topological polar surface area (TPSA) is 105 Å². The SMILES string of the molecule is COc1ncc(-c2cc([C@H]3C[C@@H]3c3cnc4cnn(CC(F)(F)F)c4c3)c3ncc(F)n3n2)c(OC)n1. The Kier molecular flexibility index (Phi) is 5.21. The molecule has 0 unspecified atom stereocenters. The fourth-order valence-corrected chi connectivity index (χ4v) is 4.53. The van der Waals surface area contributed by atoms with Crippen LogP contribution in [0.1, 0.15) is 29.4 Å². The third-order valence-corrected chi connectivity index (χ3v) is 6.30. The van der Waals surface area contributed by atoms with Crippen LogP contribution in [0, 0.1) is 5.95 Å². The van der Waals surface area contributed by atoms with Crippen molar-refractivity contribution in [3.05, 3.63) is 54.0 Å². The van der Waals surface area contributed by atoms with Gasteiger partial charge in [0.1, 0.15) is 12.1 Å². The number of rotatable bonds is 6. The fraction of sp³-hybridized carbons (Fsp3) is 0.304. The highest BCUT2D eigenvalue weighted by molar-refractivity contribution is 5.75. The number of imidazole rings is 1. The van der Waals surface area contributed by atoms with Gasteiger partial charge in [-0.1, -0.05) is 0 Å². The van der Waals surface area contributed by atoms with Crippen LogP contribution in [-0.4, -0.2) is 59.7 Å². The molecule has 0 radical (unpaired) electrons. The number of nitrogens with zero attached hydrogens (tertiary/aromatic N) is 8. The molecule has 1 fully saturated rings. The molecule has 1 aliphatic rings. The number of pyridine rings is 1. The summed E-state index contributed by atoms with van der Waals surface area (Å²) in [4.78, 5) is 16.8. The third kappa shape index (κ3) is 4.07. The maximum atomic E-state index is 14.6. The molecule has 5 aromatic heterocycles. The predicted molar refractivity (Wildman–Crippen MR) is 121 cm³/mol. The number of aromatic nitrogens is 8. The van der Waals surface area contributed by atoms with Gasteiger partial charge >= 0.3 is 12.2 Å². The van der Waals surface area contributed by atoms with Crippen molar-refractivity contribution < 1.29 is 27.0 Å². The number of alkyl halides is 3. The molecule has 10 nitrogen and oxygen atoms in total. The number of ether oxygens (including phenoxy) is 2. The summed E-state index contributed by atoms with van der Waals surface area (Å²) < 4.78 is 65.9. The lowest BCUT2D eigenvalue weighted by atomic mass is 10.0. The van der Waals surface area contributed by atoms with E-state index in [9.17, 15) is 17.6 Å². The van der Waals surface area contributed by atoms with E-state index in [1.54, 1.807) is 18.3 Å². The standard InChI is InChI=1S/C23H18F4N8O2/c1-36-21-15(7-30-22(32-21)37-2)16-5-14(20-29-9-19(24)35(20)33-16)13-4-12(13)11-3-18-17(28-6-11)8-31-34(18)10-23(25,26)27/h3,5-9,12-13H,4,10H2,1-2H3/t12-,13+/m1/s1. The number of halogens is 4. The minimum atomic E-state index is -4.41. The first kappa shape index (κ1) is 23.1. The van der Waals surface area contributed by atoms with Crippen LogP contribution in [0.3, 0.4) is 0 Å². The second-order valence-corrected chi connectivity index (χ2v) is 8.62. The molecule has 0 aliphatic heterocycles. The average Bonchev–Trinajstić information content (AvgIpc) is 3.47. The first-order valence-corrected chi connectivity index (χ1v) is 11.1. The molecule has 0 bridgehead atoms. The number of hydrogen-bond acceptors (Lipinski definition) is 8. The van der Waals surface area contributed by atoms with Crippen molar-refractivity contribution in [2.45, 2.75) is 31.0 Å². The lowest BCUT2D eigenvalue weighted by Gasteiger charge is -2.11. The summed E-state index contributed by atoms with van der Waals surface area (Å²) in [6, 6.07) is 3.56. The van der Waals surface area contributed by atoms with Crippen molar-refractivity contribution in [3.63, 3.8) is 0 Å². The van der Waals surface area contributed by atoms with Crippen LogP contribution in [-0.2, 0) is 6.54 Å². The molecule has 0 saturated heterocycles. The van der Waals surface area contributed by atoms with Crippen molar-refractivity contribution in [1.29, 1.82) is 0 Å². The lowest BCUT2D eigenvalue weighted by Crippen LogP contribution is -2.18. The van der Waals surface area contributed by atoms with Gasteiger partial charge < -0.3 is 9.47 Å². The molecule has 190 valence electrons. The van der Waals surface area contributed by atoms with Gasteiger partial charge in [-0.15, -0.1) is 0 Å². The van der Waals surface area contributed by atoms with Crippen LogP contribution in [0.5, 0.6) is 11.9 Å². The minimum Gasteiger partial charge on any atom is -0.480 e. The Bertz CT molecular complexity index is 1650. The Morgan fingerprint density at radius 2 is 1.84 bits per heavy atom. The molecule has 1 aliphatic carbocycles. The smallest absolute Gasteiger partial charge is 0.408 e. The Balaban J connectivity index is 1.40. The van der Waals surface area contributed by atoms with Gasteiger partial charge in [0, 0.05) is 18.0 Å². The minimum absolute atomic E-state index is 0.0565. The summed E-state index contributed by atoms with van der Waals surface area (Å²) in [5.41, 5.74) is 3.29. The van der Waals surface area contributed by atoms with E-state index in [4.69, 9.17) is 9.47 Å². The molecule has 0 aromatic carbocycles. The summed E-state index contributed by atoms with van der Waals surface area (Å²) >= 11 is 0. The molecule has 1 saturated carbocycles. The van der Waals surface area contributed by atoms with Gasteiger partial charge in [-0.2, -0.15) is 37.3 Å². The number of fused-ring (bicyclic) bond motifs is 2. The van der Waals surface area contributed by atoms with Crippen molar-refractivity contribution in [2.75, 3.05) is 14.2 Å². The molecule has 0 spiro atoms. The van der Waals surface area contributed by atoms with E-state index >= 15 is 0 Å². The Hall–Kier alpha value is -4.36. The molecule has 5 heterocycles. The predicted octanol–water partition coefficient (Wildman–Crippen LogP) is 3.92. The maximum absolute atomic E-state index is 14.6. The zero-order valence-corrected chi connectivity index (χ0v) is 19.4. The summed E-state index contributed by atoms with van der Waals surface area (Å²) in [5, 5.41) is 8.20. The lowest BCUT2D eigenvalue weighted by molar-refractivity contribution is -0.141. The van der Waals surface area contributed by atoms with Crippen LogP contribution in [0.2, 0.25) is 0 Å². The summed E-state index contributed by atoms with van der Waals surface area (Å²) in [7, 11) is 2.86. The molecule has 2 atom stereocenters. The highest BCUT2D eigenvalue weighted by Crippen LogP contribution is 2.56. The quantitative estimate of drug-likeness (QED) is 0.314. The molecule has 0 amide bonds. The van der Waals surface area contributed by atoms with Crippen molar-refractivity contribution in [1.82, 2.24) is 39.3 Å². The normalized spacial score (nSPS) is 17.5. The molecular formula is C23H18F4N8O2. The number of hydrogen-bond donors (Lipinski definition) is 0. The van der Waals surface area contributed by atoms with E-state index in [-0.39, 0.29) is 23.7 Å². The second kappa shape index (κ2) is 8.35. The van der Waals surface area contributed by atoms with Gasteiger partial charge in [-0.3, -0.25) is 9.67 Å². The van der Waals surface area contributed by atoms with E-state index in [0.717, 1.165) is 26.5 Å². The van der Waals surface area contributed by atoms with E-state index in [1.807, 2.05) is 0 Å². The molecule has 14 heteroatoms. The van der Waals surface area contributed by atoms with Gasteiger partial charge in [-0.05, 0) is 36.0 Å². The molecule has 5 aromatic rings. The Morgan fingerprint density at radius 3 is 2.59 bits per heavy atom. The third-order valence-electron chi connectivity index (χ3n) is 6.30. The van der Waals surface area contributed by atoms with E-state index in [1.165, 1.54) is 26.6 Å². The largest absolute Gasteiger partial charge is 0.480 e. The zero-order chi connectivity index (χ0) is 25.9. The van der Waals surface area contributed by atoms with Crippen molar-refractivity contribution >= 4 is 16.7 Å². The average molecular weight is 514 g/mol. The van der Waals surface area contributed by atoms with Crippen molar-refractivity contribution in [2.24, 2.45) is 0 Å². The number of methoxy groups -OCH3 is 2. The monoisotopic (exact) mass is 514 g/mol. The summed E-state index contributed by atoms with van der Waals surface area (Å²) in [5.74, 6) is -0.596. The summed E-state index contributed by atoms with van der Waals surface area (Å²) in [6.07, 6.45) is 1.76. The van der Waals surface area contributed by atoms with Crippen LogP contribution >= 0.6 is 0 Å². The zero-order valence-electron chi connectivity index (χ0n) is 19.4.